The highest BCUT2D eigenvalue weighted by molar-refractivity contribution is 7.99. The van der Waals surface area contributed by atoms with Crippen molar-refractivity contribution in [3.05, 3.63) is 29.8 Å². The maximum atomic E-state index is 5.79. The minimum atomic E-state index is 0.351. The first-order valence-electron chi connectivity index (χ1n) is 7.49. The van der Waals surface area contributed by atoms with Gasteiger partial charge in [0.05, 0.1) is 19.3 Å². The first kappa shape index (κ1) is 16.8. The predicted molar refractivity (Wildman–Crippen MR) is 88.0 cm³/mol. The van der Waals surface area contributed by atoms with E-state index in [1.54, 1.807) is 7.11 Å². The summed E-state index contributed by atoms with van der Waals surface area (Å²) in [4.78, 5) is 3.65. The average molecular weight is 310 g/mol. The summed E-state index contributed by atoms with van der Waals surface area (Å²) in [5.74, 6) is 1.02. The summed E-state index contributed by atoms with van der Waals surface area (Å²) in [5.41, 5.74) is 1.31. The number of nitrogens with zero attached hydrogens (tertiary/aromatic N) is 1. The summed E-state index contributed by atoms with van der Waals surface area (Å²) >= 11 is 1.88. The maximum Gasteiger partial charge on any atom is 0.0796 e. The van der Waals surface area contributed by atoms with E-state index in [1.807, 2.05) is 11.8 Å². The monoisotopic (exact) mass is 310 g/mol. The summed E-state index contributed by atoms with van der Waals surface area (Å²) < 4.78 is 10.8. The van der Waals surface area contributed by atoms with Crippen LogP contribution in [0.1, 0.15) is 5.56 Å². The highest BCUT2D eigenvalue weighted by Crippen LogP contribution is 2.21. The van der Waals surface area contributed by atoms with Crippen molar-refractivity contribution in [1.82, 2.24) is 10.2 Å². The first-order chi connectivity index (χ1) is 10.3. The van der Waals surface area contributed by atoms with Gasteiger partial charge in [0.1, 0.15) is 0 Å². The number of hydrogen-bond acceptors (Lipinski definition) is 5. The minimum Gasteiger partial charge on any atom is -0.383 e. The van der Waals surface area contributed by atoms with Gasteiger partial charge < -0.3 is 19.7 Å². The SMILES string of the molecule is COCCNCc1ccc(SCC2CN(C)CCO2)cc1. The molecule has 1 atom stereocenters. The number of likely N-dealkylation sites (N-methyl/N-ethyl adjacent to an activating group) is 1. The summed E-state index contributed by atoms with van der Waals surface area (Å²) in [6.07, 6.45) is 0.351. The number of hydrogen-bond donors (Lipinski definition) is 1. The van der Waals surface area contributed by atoms with Crippen LogP contribution in [0.5, 0.6) is 0 Å². The lowest BCUT2D eigenvalue weighted by atomic mass is 10.2. The van der Waals surface area contributed by atoms with Crippen molar-refractivity contribution in [3.8, 4) is 0 Å². The zero-order valence-corrected chi connectivity index (χ0v) is 13.8. The highest BCUT2D eigenvalue weighted by Gasteiger charge is 2.17. The van der Waals surface area contributed by atoms with Gasteiger partial charge in [0, 0.05) is 43.9 Å². The third kappa shape index (κ3) is 6.36. The molecule has 0 aliphatic carbocycles. The Morgan fingerprint density at radius 2 is 2.19 bits per heavy atom. The van der Waals surface area contributed by atoms with Crippen molar-refractivity contribution in [2.45, 2.75) is 17.5 Å². The van der Waals surface area contributed by atoms with E-state index in [1.165, 1.54) is 10.5 Å². The number of nitrogens with one attached hydrogen (secondary N) is 1. The van der Waals surface area contributed by atoms with Crippen LogP contribution in [-0.2, 0) is 16.0 Å². The highest BCUT2D eigenvalue weighted by atomic mass is 32.2. The molecule has 1 unspecified atom stereocenters. The summed E-state index contributed by atoms with van der Waals surface area (Å²) in [5, 5.41) is 3.35. The topological polar surface area (TPSA) is 33.7 Å². The quantitative estimate of drug-likeness (QED) is 0.585. The molecule has 1 aliphatic heterocycles. The second-order valence-corrected chi connectivity index (χ2v) is 6.47. The van der Waals surface area contributed by atoms with Gasteiger partial charge in [-0.3, -0.25) is 0 Å². The first-order valence-corrected chi connectivity index (χ1v) is 8.48. The Labute approximate surface area is 132 Å². The smallest absolute Gasteiger partial charge is 0.0796 e. The van der Waals surface area contributed by atoms with Crippen molar-refractivity contribution in [3.63, 3.8) is 0 Å². The Bertz CT molecular complexity index is 400. The molecule has 5 heteroatoms. The van der Waals surface area contributed by atoms with Crippen molar-refractivity contribution in [2.75, 3.05) is 52.8 Å². The molecular weight excluding hydrogens is 284 g/mol. The molecule has 0 saturated carbocycles. The van der Waals surface area contributed by atoms with Crippen LogP contribution in [0.2, 0.25) is 0 Å². The molecule has 2 rings (SSSR count). The second-order valence-electron chi connectivity index (χ2n) is 5.38. The Balaban J connectivity index is 1.69. The molecule has 0 aromatic heterocycles. The van der Waals surface area contributed by atoms with Gasteiger partial charge in [0.2, 0.25) is 0 Å². The van der Waals surface area contributed by atoms with Gasteiger partial charge in [-0.1, -0.05) is 12.1 Å². The average Bonchev–Trinajstić information content (AvgIpc) is 2.51. The van der Waals surface area contributed by atoms with Gasteiger partial charge in [-0.05, 0) is 24.7 Å². The van der Waals surface area contributed by atoms with E-state index < -0.39 is 0 Å². The Morgan fingerprint density at radius 1 is 1.38 bits per heavy atom. The van der Waals surface area contributed by atoms with Crippen LogP contribution in [0.3, 0.4) is 0 Å². The molecular formula is C16H26N2O2S. The van der Waals surface area contributed by atoms with Crippen LogP contribution < -0.4 is 5.32 Å². The molecule has 0 bridgehead atoms. The van der Waals surface area contributed by atoms with Crippen molar-refractivity contribution >= 4 is 11.8 Å². The number of thioether (sulfide) groups is 1. The molecule has 0 amide bonds. The van der Waals surface area contributed by atoms with E-state index >= 15 is 0 Å². The van der Waals surface area contributed by atoms with Gasteiger partial charge in [0.15, 0.2) is 0 Å². The molecule has 1 N–H and O–H groups in total. The van der Waals surface area contributed by atoms with Crippen LogP contribution in [0.25, 0.3) is 0 Å². The van der Waals surface area contributed by atoms with Crippen molar-refractivity contribution in [1.29, 1.82) is 0 Å². The standard InChI is InChI=1S/C16H26N2O2S/c1-18-8-10-20-15(12-18)13-21-16-5-3-14(4-6-16)11-17-7-9-19-2/h3-6,15,17H,7-13H2,1-2H3. The fourth-order valence-corrected chi connectivity index (χ4v) is 3.18. The van der Waals surface area contributed by atoms with Crippen LogP contribution >= 0.6 is 11.8 Å². The van der Waals surface area contributed by atoms with E-state index in [0.717, 1.165) is 45.1 Å². The number of ether oxygens (including phenoxy) is 2. The van der Waals surface area contributed by atoms with E-state index in [-0.39, 0.29) is 0 Å². The Morgan fingerprint density at radius 3 is 2.90 bits per heavy atom. The van der Waals surface area contributed by atoms with E-state index in [0.29, 0.717) is 6.10 Å². The summed E-state index contributed by atoms with van der Waals surface area (Å²) in [6.45, 7) is 5.47. The minimum absolute atomic E-state index is 0.351. The van der Waals surface area contributed by atoms with Gasteiger partial charge >= 0.3 is 0 Å². The van der Waals surface area contributed by atoms with Gasteiger partial charge in [-0.25, -0.2) is 0 Å². The number of methoxy groups -OCH3 is 1. The van der Waals surface area contributed by atoms with Gasteiger partial charge in [0.25, 0.3) is 0 Å². The summed E-state index contributed by atoms with van der Waals surface area (Å²) in [7, 11) is 3.88. The molecule has 0 radical (unpaired) electrons. The largest absolute Gasteiger partial charge is 0.383 e. The number of benzene rings is 1. The molecule has 1 heterocycles. The Kier molecular flexibility index (Phi) is 7.53. The van der Waals surface area contributed by atoms with Gasteiger partial charge in [-0.15, -0.1) is 11.8 Å². The molecule has 1 aliphatic rings. The molecule has 118 valence electrons. The lowest BCUT2D eigenvalue weighted by Gasteiger charge is -2.29. The zero-order chi connectivity index (χ0) is 14.9. The third-order valence-electron chi connectivity index (χ3n) is 3.51. The van der Waals surface area contributed by atoms with Crippen LogP contribution in [0.15, 0.2) is 29.2 Å². The lowest BCUT2D eigenvalue weighted by molar-refractivity contribution is -0.00598. The second kappa shape index (κ2) is 9.43. The van der Waals surface area contributed by atoms with Crippen molar-refractivity contribution in [2.24, 2.45) is 0 Å². The Hall–Kier alpha value is -0.590. The van der Waals surface area contributed by atoms with Crippen molar-refractivity contribution < 1.29 is 9.47 Å². The number of morpholine rings is 1. The maximum absolute atomic E-state index is 5.79. The molecule has 1 fully saturated rings. The zero-order valence-electron chi connectivity index (χ0n) is 13.0. The predicted octanol–water partition coefficient (Wildman–Crippen LogP) is 1.85. The summed E-state index contributed by atoms with van der Waals surface area (Å²) in [6, 6.07) is 8.78. The lowest BCUT2D eigenvalue weighted by Crippen LogP contribution is -2.41. The van der Waals surface area contributed by atoms with Crippen LogP contribution in [-0.4, -0.2) is 63.8 Å². The van der Waals surface area contributed by atoms with E-state index in [9.17, 15) is 0 Å². The fourth-order valence-electron chi connectivity index (χ4n) is 2.27. The molecule has 0 spiro atoms. The van der Waals surface area contributed by atoms with Crippen LogP contribution in [0, 0.1) is 0 Å². The van der Waals surface area contributed by atoms with E-state index in [4.69, 9.17) is 9.47 Å². The van der Waals surface area contributed by atoms with E-state index in [2.05, 4.69) is 41.5 Å². The molecule has 1 aromatic rings. The fraction of sp³-hybridized carbons (Fsp3) is 0.625. The molecule has 1 saturated heterocycles. The number of rotatable bonds is 8. The van der Waals surface area contributed by atoms with Gasteiger partial charge in [-0.2, -0.15) is 0 Å². The normalized spacial score (nSPS) is 19.8. The molecule has 21 heavy (non-hydrogen) atoms. The molecule has 1 aromatic carbocycles. The third-order valence-corrected chi connectivity index (χ3v) is 4.66. The molecule has 4 nitrogen and oxygen atoms in total. The van der Waals surface area contributed by atoms with Crippen LogP contribution in [0.4, 0.5) is 0 Å².